The standard InChI is InChI=1S/C29H30FN3O6S/c30-22-13-11-21(12-14-22)29(19-7-3-1-4-8-19,20-9-5-2-6-10-20)40-18-24(27(37)32-17-26(35)36)33-25(34)16-15-23(31)28(38)39/h1-14,23-24H,15-18,31H2,(H,32,37)(H,33,34)(H,35,36)(H,38,39)/t23-,24+/m0/s1. The van der Waals surface area contributed by atoms with E-state index in [1.54, 1.807) is 12.1 Å². The Kier molecular flexibility index (Phi) is 10.8. The molecule has 0 saturated heterocycles. The molecular formula is C29H30FN3O6S. The summed E-state index contributed by atoms with van der Waals surface area (Å²) in [7, 11) is 0. The second kappa shape index (κ2) is 14.2. The summed E-state index contributed by atoms with van der Waals surface area (Å²) in [5.74, 6) is -4.27. The minimum atomic E-state index is -1.26. The van der Waals surface area contributed by atoms with Crippen molar-refractivity contribution < 1.29 is 33.8 Å². The molecule has 0 unspecified atom stereocenters. The maximum Gasteiger partial charge on any atom is 0.322 e. The lowest BCUT2D eigenvalue weighted by atomic mass is 9.84. The largest absolute Gasteiger partial charge is 0.480 e. The van der Waals surface area contributed by atoms with E-state index in [4.69, 9.17) is 15.9 Å². The highest BCUT2D eigenvalue weighted by molar-refractivity contribution is 8.00. The number of benzene rings is 3. The Morgan fingerprint density at radius 2 is 1.38 bits per heavy atom. The number of hydrogen-bond acceptors (Lipinski definition) is 6. The summed E-state index contributed by atoms with van der Waals surface area (Å²) in [6.07, 6.45) is -0.396. The number of rotatable bonds is 14. The molecule has 0 aliphatic carbocycles. The number of nitrogens with one attached hydrogen (secondary N) is 2. The number of carboxylic acid groups (broad SMARTS) is 2. The van der Waals surface area contributed by atoms with Gasteiger partial charge in [-0.15, -0.1) is 11.8 Å². The zero-order valence-corrected chi connectivity index (χ0v) is 22.3. The first-order valence-electron chi connectivity index (χ1n) is 12.4. The van der Waals surface area contributed by atoms with Gasteiger partial charge < -0.3 is 26.6 Å². The minimum Gasteiger partial charge on any atom is -0.480 e. The van der Waals surface area contributed by atoms with E-state index in [0.29, 0.717) is 0 Å². The molecule has 6 N–H and O–H groups in total. The highest BCUT2D eigenvalue weighted by atomic mass is 32.2. The van der Waals surface area contributed by atoms with Gasteiger partial charge in [0, 0.05) is 12.2 Å². The van der Waals surface area contributed by atoms with E-state index in [-0.39, 0.29) is 18.6 Å². The monoisotopic (exact) mass is 567 g/mol. The first-order valence-corrected chi connectivity index (χ1v) is 13.4. The van der Waals surface area contributed by atoms with Crippen LogP contribution < -0.4 is 16.4 Å². The molecule has 0 spiro atoms. The fraction of sp³-hybridized carbons (Fsp3) is 0.241. The normalized spacial score (nSPS) is 12.7. The van der Waals surface area contributed by atoms with Crippen LogP contribution in [0.25, 0.3) is 0 Å². The van der Waals surface area contributed by atoms with Gasteiger partial charge in [-0.2, -0.15) is 0 Å². The molecule has 0 radical (unpaired) electrons. The Balaban J connectivity index is 2.00. The molecule has 3 rings (SSSR count). The van der Waals surface area contributed by atoms with Gasteiger partial charge in [-0.05, 0) is 35.2 Å². The quantitative estimate of drug-likeness (QED) is 0.186. The molecule has 40 heavy (non-hydrogen) atoms. The molecule has 0 saturated carbocycles. The predicted octanol–water partition coefficient (Wildman–Crippen LogP) is 2.73. The summed E-state index contributed by atoms with van der Waals surface area (Å²) in [5.41, 5.74) is 7.89. The van der Waals surface area contributed by atoms with Crippen molar-refractivity contribution in [2.24, 2.45) is 5.73 Å². The molecule has 3 aromatic rings. The third-order valence-electron chi connectivity index (χ3n) is 6.14. The zero-order valence-electron chi connectivity index (χ0n) is 21.5. The molecule has 2 amide bonds. The molecule has 11 heteroatoms. The van der Waals surface area contributed by atoms with Gasteiger partial charge in [-0.3, -0.25) is 19.2 Å². The van der Waals surface area contributed by atoms with Gasteiger partial charge in [0.25, 0.3) is 0 Å². The Labute approximate surface area is 235 Å². The number of carbonyl (C=O) groups is 4. The molecular weight excluding hydrogens is 537 g/mol. The molecule has 0 aliphatic heterocycles. The zero-order chi connectivity index (χ0) is 29.1. The van der Waals surface area contributed by atoms with Crippen molar-refractivity contribution in [3.63, 3.8) is 0 Å². The number of amides is 2. The van der Waals surface area contributed by atoms with Crippen LogP contribution in [0.15, 0.2) is 84.9 Å². The van der Waals surface area contributed by atoms with Crippen LogP contribution in [0.1, 0.15) is 29.5 Å². The van der Waals surface area contributed by atoms with Crippen LogP contribution >= 0.6 is 11.8 Å². The summed E-state index contributed by atoms with van der Waals surface area (Å²) < 4.78 is 13.0. The van der Waals surface area contributed by atoms with Crippen LogP contribution in [0.3, 0.4) is 0 Å². The van der Waals surface area contributed by atoms with Crippen molar-refractivity contribution in [1.82, 2.24) is 10.6 Å². The summed E-state index contributed by atoms with van der Waals surface area (Å²) in [4.78, 5) is 47.8. The Morgan fingerprint density at radius 1 is 0.850 bits per heavy atom. The van der Waals surface area contributed by atoms with E-state index >= 15 is 0 Å². The first-order chi connectivity index (χ1) is 19.1. The molecule has 0 fully saturated rings. The Bertz CT molecular complexity index is 1270. The number of aliphatic carboxylic acids is 2. The van der Waals surface area contributed by atoms with Crippen LogP contribution in [-0.4, -0.2) is 58.3 Å². The second-order valence-electron chi connectivity index (χ2n) is 8.95. The highest BCUT2D eigenvalue weighted by Crippen LogP contribution is 2.48. The van der Waals surface area contributed by atoms with Gasteiger partial charge in [0.1, 0.15) is 24.4 Å². The number of carbonyl (C=O) groups excluding carboxylic acids is 2. The van der Waals surface area contributed by atoms with Crippen molar-refractivity contribution >= 4 is 35.5 Å². The fourth-order valence-electron chi connectivity index (χ4n) is 4.13. The second-order valence-corrected chi connectivity index (χ2v) is 10.2. The average Bonchev–Trinajstić information content (AvgIpc) is 2.96. The molecule has 9 nitrogen and oxygen atoms in total. The molecule has 0 bridgehead atoms. The Hall–Kier alpha value is -4.22. The van der Waals surface area contributed by atoms with Gasteiger partial charge in [0.2, 0.25) is 11.8 Å². The summed E-state index contributed by atoms with van der Waals surface area (Å²) in [6.45, 7) is -0.653. The highest BCUT2D eigenvalue weighted by Gasteiger charge is 2.38. The van der Waals surface area contributed by atoms with Gasteiger partial charge in [0.05, 0.1) is 4.75 Å². The summed E-state index contributed by atoms with van der Waals surface area (Å²) in [5, 5.41) is 22.9. The van der Waals surface area contributed by atoms with Crippen LogP contribution in [0.5, 0.6) is 0 Å². The van der Waals surface area contributed by atoms with Crippen LogP contribution in [-0.2, 0) is 23.9 Å². The third-order valence-corrected chi connectivity index (χ3v) is 7.78. The predicted molar refractivity (Wildman–Crippen MR) is 149 cm³/mol. The first kappa shape index (κ1) is 30.3. The van der Waals surface area contributed by atoms with Crippen LogP contribution in [0, 0.1) is 5.82 Å². The molecule has 0 aromatic heterocycles. The van der Waals surface area contributed by atoms with Crippen LogP contribution in [0.2, 0.25) is 0 Å². The summed E-state index contributed by atoms with van der Waals surface area (Å²) in [6, 6.07) is 22.4. The van der Waals surface area contributed by atoms with Gasteiger partial charge in [-0.1, -0.05) is 72.8 Å². The maximum atomic E-state index is 14.0. The van der Waals surface area contributed by atoms with Gasteiger partial charge in [0.15, 0.2) is 0 Å². The lowest BCUT2D eigenvalue weighted by Gasteiger charge is -2.36. The summed E-state index contributed by atoms with van der Waals surface area (Å²) >= 11 is 1.31. The lowest BCUT2D eigenvalue weighted by Crippen LogP contribution is -2.50. The fourth-order valence-corrected chi connectivity index (χ4v) is 5.69. The van der Waals surface area contributed by atoms with E-state index in [1.165, 1.54) is 23.9 Å². The Morgan fingerprint density at radius 3 is 1.88 bits per heavy atom. The topological polar surface area (TPSA) is 159 Å². The SMILES string of the molecule is N[C@@H](CCC(=O)N[C@H](CSC(c1ccccc1)(c1ccccc1)c1ccc(F)cc1)C(=O)NCC(=O)O)C(=O)O. The van der Waals surface area contributed by atoms with Crippen molar-refractivity contribution in [3.05, 3.63) is 107 Å². The third kappa shape index (κ3) is 7.90. The van der Waals surface area contributed by atoms with E-state index < -0.39 is 52.9 Å². The van der Waals surface area contributed by atoms with E-state index in [1.807, 2.05) is 60.7 Å². The van der Waals surface area contributed by atoms with Gasteiger partial charge >= 0.3 is 11.9 Å². The smallest absolute Gasteiger partial charge is 0.322 e. The van der Waals surface area contributed by atoms with Gasteiger partial charge in [-0.25, -0.2) is 4.39 Å². The molecule has 0 aliphatic rings. The maximum absolute atomic E-state index is 14.0. The van der Waals surface area contributed by atoms with E-state index in [0.717, 1.165) is 16.7 Å². The van der Waals surface area contributed by atoms with Crippen LogP contribution in [0.4, 0.5) is 4.39 Å². The number of halogens is 1. The van der Waals surface area contributed by atoms with E-state index in [2.05, 4.69) is 10.6 Å². The van der Waals surface area contributed by atoms with Crippen molar-refractivity contribution in [1.29, 1.82) is 0 Å². The van der Waals surface area contributed by atoms with Crippen molar-refractivity contribution in [3.8, 4) is 0 Å². The molecule has 0 heterocycles. The number of nitrogens with two attached hydrogens (primary N) is 1. The van der Waals surface area contributed by atoms with E-state index in [9.17, 15) is 23.6 Å². The molecule has 2 atom stereocenters. The number of hydrogen-bond donors (Lipinski definition) is 5. The minimum absolute atomic E-state index is 0.0106. The average molecular weight is 568 g/mol. The van der Waals surface area contributed by atoms with Crippen molar-refractivity contribution in [2.75, 3.05) is 12.3 Å². The molecule has 3 aromatic carbocycles. The van der Waals surface area contributed by atoms with Crippen molar-refractivity contribution in [2.45, 2.75) is 29.7 Å². The molecule has 210 valence electrons. The number of carboxylic acids is 2. The lowest BCUT2D eigenvalue weighted by molar-refractivity contribution is -0.139. The number of thioether (sulfide) groups is 1.